The molecule has 1 N–H and O–H groups in total. The summed E-state index contributed by atoms with van der Waals surface area (Å²) in [5.41, 5.74) is 0.687. The van der Waals surface area contributed by atoms with Gasteiger partial charge in [-0.15, -0.1) is 0 Å². The highest BCUT2D eigenvalue weighted by Gasteiger charge is 2.19. The van der Waals surface area contributed by atoms with E-state index in [1.54, 1.807) is 6.07 Å². The third kappa shape index (κ3) is 4.68. The molecule has 0 aliphatic heterocycles. The summed E-state index contributed by atoms with van der Waals surface area (Å²) in [6.45, 7) is 2.47. The molecule has 0 aliphatic rings. The number of hydrogen-bond acceptors (Lipinski definition) is 1. The second-order valence-electron chi connectivity index (χ2n) is 3.85. The third-order valence-electron chi connectivity index (χ3n) is 2.40. The van der Waals surface area contributed by atoms with Gasteiger partial charge in [0, 0.05) is 0 Å². The minimum atomic E-state index is -2.43. The van der Waals surface area contributed by atoms with Crippen LogP contribution < -0.4 is 5.32 Å². The minimum absolute atomic E-state index is 0.191. The quantitative estimate of drug-likeness (QED) is 0.843. The van der Waals surface area contributed by atoms with Gasteiger partial charge < -0.3 is 5.32 Å². The first-order chi connectivity index (χ1) is 8.04. The van der Waals surface area contributed by atoms with Gasteiger partial charge in [0.05, 0.1) is 10.5 Å². The van der Waals surface area contributed by atoms with Crippen molar-refractivity contribution in [3.63, 3.8) is 0 Å². The summed E-state index contributed by atoms with van der Waals surface area (Å²) in [6, 6.07) is 3.47. The molecule has 0 saturated heterocycles. The van der Waals surface area contributed by atoms with Crippen molar-refractivity contribution in [2.45, 2.75) is 32.2 Å². The lowest BCUT2D eigenvalue weighted by atomic mass is 10.1. The molecule has 0 spiro atoms. The van der Waals surface area contributed by atoms with Crippen molar-refractivity contribution in [1.82, 2.24) is 5.32 Å². The second-order valence-corrected chi connectivity index (χ2v) is 4.70. The third-order valence-corrected chi connectivity index (χ3v) is 3.01. The molecule has 96 valence electrons. The van der Waals surface area contributed by atoms with Gasteiger partial charge in [-0.3, -0.25) is 0 Å². The van der Waals surface area contributed by atoms with Crippen molar-refractivity contribution in [2.75, 3.05) is 6.54 Å². The van der Waals surface area contributed by atoms with Crippen LogP contribution in [0.5, 0.6) is 0 Å². The minimum Gasteiger partial charge on any atom is -0.309 e. The Morgan fingerprint density at radius 1 is 1.35 bits per heavy atom. The summed E-state index contributed by atoms with van der Waals surface area (Å²) in [7, 11) is 0. The Morgan fingerprint density at radius 2 is 2.06 bits per heavy atom. The SMILES string of the molecule is CCCNC(Cc1ccc(F)c(Br)c1)C(F)F. The van der Waals surface area contributed by atoms with Crippen LogP contribution in [0.25, 0.3) is 0 Å². The van der Waals surface area contributed by atoms with Gasteiger partial charge >= 0.3 is 0 Å². The van der Waals surface area contributed by atoms with E-state index in [0.717, 1.165) is 6.42 Å². The number of rotatable bonds is 6. The van der Waals surface area contributed by atoms with Gasteiger partial charge in [0.2, 0.25) is 0 Å². The van der Waals surface area contributed by atoms with Gasteiger partial charge in [0.25, 0.3) is 6.43 Å². The molecule has 0 bridgehead atoms. The number of hydrogen-bond donors (Lipinski definition) is 1. The maximum atomic E-state index is 13.0. The van der Waals surface area contributed by atoms with Gasteiger partial charge in [-0.25, -0.2) is 13.2 Å². The maximum absolute atomic E-state index is 13.0. The van der Waals surface area contributed by atoms with Crippen molar-refractivity contribution in [1.29, 1.82) is 0 Å². The summed E-state index contributed by atoms with van der Waals surface area (Å²) in [5, 5.41) is 2.79. The molecular weight excluding hydrogens is 295 g/mol. The monoisotopic (exact) mass is 309 g/mol. The molecule has 1 unspecified atom stereocenters. The van der Waals surface area contributed by atoms with E-state index in [1.807, 2.05) is 6.92 Å². The van der Waals surface area contributed by atoms with Crippen LogP contribution >= 0.6 is 15.9 Å². The Balaban J connectivity index is 2.68. The van der Waals surface area contributed by atoms with Crippen LogP contribution in [-0.2, 0) is 6.42 Å². The lowest BCUT2D eigenvalue weighted by Gasteiger charge is -2.17. The van der Waals surface area contributed by atoms with Gasteiger partial charge in [-0.1, -0.05) is 13.0 Å². The molecule has 1 atom stereocenters. The van der Waals surface area contributed by atoms with Crippen molar-refractivity contribution in [2.24, 2.45) is 0 Å². The average molecular weight is 310 g/mol. The first-order valence-electron chi connectivity index (χ1n) is 5.50. The summed E-state index contributed by atoms with van der Waals surface area (Å²) in [6.07, 6.45) is -1.43. The summed E-state index contributed by atoms with van der Waals surface area (Å²) < 4.78 is 38.8. The number of benzene rings is 1. The number of nitrogens with one attached hydrogen (secondary N) is 1. The van der Waals surface area contributed by atoms with Crippen molar-refractivity contribution < 1.29 is 13.2 Å². The standard InChI is InChI=1S/C12H15BrF3N/c1-2-5-17-11(12(15)16)7-8-3-4-10(14)9(13)6-8/h3-4,6,11-12,17H,2,5,7H2,1H3. The van der Waals surface area contributed by atoms with Crippen molar-refractivity contribution in [3.05, 3.63) is 34.1 Å². The zero-order valence-corrected chi connectivity index (χ0v) is 11.1. The summed E-state index contributed by atoms with van der Waals surface area (Å²) in [4.78, 5) is 0. The molecule has 1 nitrogen and oxygen atoms in total. The highest BCUT2D eigenvalue weighted by atomic mass is 79.9. The van der Waals surface area contributed by atoms with E-state index in [9.17, 15) is 13.2 Å². The number of alkyl halides is 2. The smallest absolute Gasteiger partial charge is 0.254 e. The van der Waals surface area contributed by atoms with Crippen LogP contribution in [0.15, 0.2) is 22.7 Å². The Hall–Kier alpha value is -0.550. The fourth-order valence-corrected chi connectivity index (χ4v) is 1.93. The molecular formula is C12H15BrF3N. The molecule has 0 aromatic heterocycles. The Labute approximate surface area is 108 Å². The Morgan fingerprint density at radius 3 is 2.59 bits per heavy atom. The molecule has 17 heavy (non-hydrogen) atoms. The predicted octanol–water partition coefficient (Wildman–Crippen LogP) is 3.76. The van der Waals surface area contributed by atoms with E-state index in [-0.39, 0.29) is 12.2 Å². The highest BCUT2D eigenvalue weighted by Crippen LogP contribution is 2.19. The largest absolute Gasteiger partial charge is 0.309 e. The van der Waals surface area contributed by atoms with Crippen LogP contribution in [0, 0.1) is 5.82 Å². The van der Waals surface area contributed by atoms with E-state index < -0.39 is 12.5 Å². The van der Waals surface area contributed by atoms with E-state index in [0.29, 0.717) is 16.6 Å². The van der Waals surface area contributed by atoms with Gasteiger partial charge in [-0.05, 0) is 53.0 Å². The van der Waals surface area contributed by atoms with Crippen LogP contribution in [-0.4, -0.2) is 19.0 Å². The fourth-order valence-electron chi connectivity index (χ4n) is 1.50. The molecule has 0 aliphatic carbocycles. The Bertz CT molecular complexity index is 358. The molecule has 0 saturated carbocycles. The van der Waals surface area contributed by atoms with E-state index in [1.165, 1.54) is 12.1 Å². The zero-order valence-electron chi connectivity index (χ0n) is 9.52. The molecule has 5 heteroatoms. The molecule has 0 heterocycles. The maximum Gasteiger partial charge on any atom is 0.254 e. The Kier molecular flexibility index (Phi) is 5.98. The average Bonchev–Trinajstić information content (AvgIpc) is 2.28. The first kappa shape index (κ1) is 14.5. The molecule has 1 rings (SSSR count). The van der Waals surface area contributed by atoms with E-state index in [2.05, 4.69) is 21.2 Å². The molecule has 1 aromatic carbocycles. The van der Waals surface area contributed by atoms with Gasteiger partial charge in [-0.2, -0.15) is 0 Å². The fraction of sp³-hybridized carbons (Fsp3) is 0.500. The van der Waals surface area contributed by atoms with Crippen molar-refractivity contribution >= 4 is 15.9 Å². The number of halogens is 4. The van der Waals surface area contributed by atoms with E-state index in [4.69, 9.17) is 0 Å². The normalized spacial score (nSPS) is 13.1. The molecule has 0 amide bonds. The predicted molar refractivity (Wildman–Crippen MR) is 65.9 cm³/mol. The summed E-state index contributed by atoms with van der Waals surface area (Å²) >= 11 is 3.04. The van der Waals surface area contributed by atoms with Crippen LogP contribution in [0.1, 0.15) is 18.9 Å². The zero-order chi connectivity index (χ0) is 12.8. The highest BCUT2D eigenvalue weighted by molar-refractivity contribution is 9.10. The van der Waals surface area contributed by atoms with Crippen LogP contribution in [0.3, 0.4) is 0 Å². The van der Waals surface area contributed by atoms with Crippen LogP contribution in [0.4, 0.5) is 13.2 Å². The van der Waals surface area contributed by atoms with Gasteiger partial charge in [0.1, 0.15) is 5.82 Å². The lowest BCUT2D eigenvalue weighted by Crippen LogP contribution is -2.37. The van der Waals surface area contributed by atoms with Crippen molar-refractivity contribution in [3.8, 4) is 0 Å². The summed E-state index contributed by atoms with van der Waals surface area (Å²) in [5.74, 6) is -0.385. The first-order valence-corrected chi connectivity index (χ1v) is 6.29. The molecule has 0 fully saturated rings. The molecule has 1 aromatic rings. The molecule has 0 radical (unpaired) electrons. The van der Waals surface area contributed by atoms with Gasteiger partial charge in [0.15, 0.2) is 0 Å². The van der Waals surface area contributed by atoms with Crippen LogP contribution in [0.2, 0.25) is 0 Å². The topological polar surface area (TPSA) is 12.0 Å². The van der Waals surface area contributed by atoms with E-state index >= 15 is 0 Å². The second kappa shape index (κ2) is 7.01. The lowest BCUT2D eigenvalue weighted by molar-refractivity contribution is 0.0983.